The van der Waals surface area contributed by atoms with Crippen LogP contribution in [0, 0.1) is 18.3 Å². The van der Waals surface area contributed by atoms with Gasteiger partial charge in [-0.1, -0.05) is 37.3 Å². The van der Waals surface area contributed by atoms with Crippen LogP contribution in [0.3, 0.4) is 0 Å². The minimum atomic E-state index is -4.47. The van der Waals surface area contributed by atoms with Crippen molar-refractivity contribution in [1.82, 2.24) is 14.5 Å². The van der Waals surface area contributed by atoms with Crippen molar-refractivity contribution in [3.8, 4) is 23.1 Å². The van der Waals surface area contributed by atoms with Crippen LogP contribution in [0.1, 0.15) is 55.9 Å². The molecule has 0 aliphatic carbocycles. The number of aromatic nitrogens is 3. The predicted molar refractivity (Wildman–Crippen MR) is 150 cm³/mol. The highest BCUT2D eigenvalue weighted by Crippen LogP contribution is 2.34. The monoisotopic (exact) mass is 558 g/mol. The van der Waals surface area contributed by atoms with E-state index in [1.807, 2.05) is 33.8 Å². The third-order valence-corrected chi connectivity index (χ3v) is 8.32. The van der Waals surface area contributed by atoms with Crippen molar-refractivity contribution in [3.05, 3.63) is 99.9 Å². The van der Waals surface area contributed by atoms with E-state index in [0.717, 1.165) is 16.8 Å². The SMILES string of the molecule is CCC(c1cccc(C#N)c1)n1c(COC(C)C)nc(=O)c(S(=O)(=O)c2ccc(-c3cccnc3C)cc2)c1O. The molecule has 1 unspecified atom stereocenters. The van der Waals surface area contributed by atoms with Crippen molar-refractivity contribution >= 4 is 9.84 Å². The molecule has 0 aliphatic heterocycles. The van der Waals surface area contributed by atoms with E-state index in [1.165, 1.54) is 16.7 Å². The van der Waals surface area contributed by atoms with Gasteiger partial charge in [0.15, 0.2) is 4.90 Å². The molecule has 0 saturated heterocycles. The summed E-state index contributed by atoms with van der Waals surface area (Å²) in [6.45, 7) is 7.19. The molecule has 0 saturated carbocycles. The van der Waals surface area contributed by atoms with Gasteiger partial charge in [0.05, 0.1) is 28.7 Å². The van der Waals surface area contributed by atoms with Crippen molar-refractivity contribution in [2.24, 2.45) is 0 Å². The van der Waals surface area contributed by atoms with E-state index in [9.17, 15) is 23.6 Å². The van der Waals surface area contributed by atoms with E-state index in [2.05, 4.69) is 16.0 Å². The first kappa shape index (κ1) is 28.7. The number of nitrogens with zero attached hydrogens (tertiary/aromatic N) is 4. The number of sulfone groups is 1. The summed E-state index contributed by atoms with van der Waals surface area (Å²) >= 11 is 0. The van der Waals surface area contributed by atoms with Gasteiger partial charge in [-0.3, -0.25) is 14.3 Å². The number of ether oxygens (including phenoxy) is 1. The first-order chi connectivity index (χ1) is 19.1. The predicted octanol–water partition coefficient (Wildman–Crippen LogP) is 4.95. The maximum absolute atomic E-state index is 13.8. The Balaban J connectivity index is 1.88. The van der Waals surface area contributed by atoms with Gasteiger partial charge in [-0.15, -0.1) is 0 Å². The van der Waals surface area contributed by atoms with Gasteiger partial charge < -0.3 is 9.84 Å². The average molecular weight is 559 g/mol. The lowest BCUT2D eigenvalue weighted by atomic mass is 10.0. The molecule has 0 radical (unpaired) electrons. The molecule has 2 aromatic carbocycles. The zero-order valence-electron chi connectivity index (χ0n) is 22.7. The third-order valence-electron chi connectivity index (χ3n) is 6.53. The Morgan fingerprint density at radius 1 is 1.10 bits per heavy atom. The summed E-state index contributed by atoms with van der Waals surface area (Å²) in [5.41, 5.74) is 2.36. The zero-order chi connectivity index (χ0) is 29.0. The third kappa shape index (κ3) is 5.66. The Hall–Kier alpha value is -4.33. The highest BCUT2D eigenvalue weighted by molar-refractivity contribution is 7.91. The van der Waals surface area contributed by atoms with Crippen LogP contribution in [-0.2, 0) is 21.2 Å². The van der Waals surface area contributed by atoms with Gasteiger partial charge in [0.2, 0.25) is 15.7 Å². The van der Waals surface area contributed by atoms with Crippen LogP contribution >= 0.6 is 0 Å². The van der Waals surface area contributed by atoms with Crippen LogP contribution in [-0.4, -0.2) is 34.2 Å². The lowest BCUT2D eigenvalue weighted by Crippen LogP contribution is -2.28. The van der Waals surface area contributed by atoms with Gasteiger partial charge >= 0.3 is 0 Å². The summed E-state index contributed by atoms with van der Waals surface area (Å²) in [7, 11) is -4.47. The van der Waals surface area contributed by atoms with Gasteiger partial charge in [0, 0.05) is 17.5 Å². The quantitative estimate of drug-likeness (QED) is 0.305. The molecule has 0 amide bonds. The van der Waals surface area contributed by atoms with Gasteiger partial charge in [-0.25, -0.2) is 8.42 Å². The number of hydrogen-bond acceptors (Lipinski definition) is 8. The van der Waals surface area contributed by atoms with Crippen molar-refractivity contribution < 1.29 is 18.3 Å². The van der Waals surface area contributed by atoms with Crippen molar-refractivity contribution in [1.29, 1.82) is 5.26 Å². The molecule has 9 nitrogen and oxygen atoms in total. The number of benzene rings is 2. The minimum Gasteiger partial charge on any atom is -0.493 e. The molecular formula is C30H30N4O5S. The van der Waals surface area contributed by atoms with E-state index < -0.39 is 32.2 Å². The first-order valence-electron chi connectivity index (χ1n) is 12.8. The fraction of sp³-hybridized carbons (Fsp3) is 0.267. The highest BCUT2D eigenvalue weighted by atomic mass is 32.2. The summed E-state index contributed by atoms with van der Waals surface area (Å²) in [6.07, 6.45) is 1.87. The summed E-state index contributed by atoms with van der Waals surface area (Å²) in [5, 5.41) is 20.9. The van der Waals surface area contributed by atoms with Crippen molar-refractivity contribution in [2.75, 3.05) is 0 Å². The summed E-state index contributed by atoms with van der Waals surface area (Å²) < 4.78 is 34.5. The first-order valence-corrected chi connectivity index (χ1v) is 14.3. The van der Waals surface area contributed by atoms with Gasteiger partial charge in [-0.05, 0) is 68.7 Å². The molecule has 1 atom stereocenters. The van der Waals surface area contributed by atoms with Crippen LogP contribution in [0.15, 0.2) is 81.4 Å². The molecule has 0 bridgehead atoms. The highest BCUT2D eigenvalue weighted by Gasteiger charge is 2.32. The second-order valence-electron chi connectivity index (χ2n) is 9.54. The molecule has 2 aromatic heterocycles. The molecule has 10 heteroatoms. The number of aryl methyl sites for hydroxylation is 1. The van der Waals surface area contributed by atoms with E-state index in [0.29, 0.717) is 17.5 Å². The van der Waals surface area contributed by atoms with Crippen LogP contribution in [0.4, 0.5) is 0 Å². The van der Waals surface area contributed by atoms with Crippen LogP contribution < -0.4 is 5.56 Å². The number of pyridine rings is 1. The molecule has 1 N–H and O–H groups in total. The maximum Gasteiger partial charge on any atom is 0.296 e. The van der Waals surface area contributed by atoms with Crippen molar-refractivity contribution in [2.45, 2.75) is 62.7 Å². The minimum absolute atomic E-state index is 0.0757. The number of rotatable bonds is 9. The largest absolute Gasteiger partial charge is 0.493 e. The molecule has 40 heavy (non-hydrogen) atoms. The number of hydrogen-bond donors (Lipinski definition) is 1. The topological polar surface area (TPSA) is 135 Å². The Bertz CT molecular complexity index is 1740. The standard InChI is InChI=1S/C30H30N4O5S/c1-5-26(23-9-6-8-21(16-23)17-31)34-27(18-39-19(2)3)33-29(35)28(30(34)36)40(37,38)24-13-11-22(12-14-24)25-10-7-15-32-20(25)4/h6-16,19,26,36H,5,18H2,1-4H3. The van der Waals surface area contributed by atoms with Gasteiger partial charge in [0.25, 0.3) is 5.56 Å². The van der Waals surface area contributed by atoms with E-state index in [4.69, 9.17) is 4.74 Å². The molecule has 0 spiro atoms. The van der Waals surface area contributed by atoms with Crippen molar-refractivity contribution in [3.63, 3.8) is 0 Å². The van der Waals surface area contributed by atoms with Crippen LogP contribution in [0.5, 0.6) is 5.88 Å². The lowest BCUT2D eigenvalue weighted by Gasteiger charge is -2.25. The lowest BCUT2D eigenvalue weighted by molar-refractivity contribution is 0.0571. The average Bonchev–Trinajstić information content (AvgIpc) is 2.94. The Morgan fingerprint density at radius 3 is 2.45 bits per heavy atom. The Morgan fingerprint density at radius 2 is 1.82 bits per heavy atom. The van der Waals surface area contributed by atoms with Crippen LogP contribution in [0.2, 0.25) is 0 Å². The van der Waals surface area contributed by atoms with E-state index in [1.54, 1.807) is 48.7 Å². The Kier molecular flexibility index (Phi) is 8.47. The normalized spacial score (nSPS) is 12.3. The molecular weight excluding hydrogens is 528 g/mol. The van der Waals surface area contributed by atoms with Gasteiger partial charge in [-0.2, -0.15) is 10.2 Å². The number of aromatic hydroxyl groups is 1. The fourth-order valence-corrected chi connectivity index (χ4v) is 5.90. The molecule has 0 fully saturated rings. The smallest absolute Gasteiger partial charge is 0.296 e. The molecule has 0 aliphatic rings. The summed E-state index contributed by atoms with van der Waals surface area (Å²) in [5.74, 6) is -0.657. The summed E-state index contributed by atoms with van der Waals surface area (Å²) in [4.78, 5) is 20.6. The molecule has 4 rings (SSSR count). The maximum atomic E-state index is 13.8. The van der Waals surface area contributed by atoms with Gasteiger partial charge in [0.1, 0.15) is 12.4 Å². The van der Waals surface area contributed by atoms with E-state index >= 15 is 0 Å². The van der Waals surface area contributed by atoms with Crippen LogP contribution in [0.25, 0.3) is 11.1 Å². The fourth-order valence-electron chi connectivity index (χ4n) is 4.56. The second kappa shape index (κ2) is 11.8. The second-order valence-corrected chi connectivity index (χ2v) is 11.4. The zero-order valence-corrected chi connectivity index (χ0v) is 23.5. The molecule has 2 heterocycles. The molecule has 206 valence electrons. The van der Waals surface area contributed by atoms with E-state index in [-0.39, 0.29) is 23.4 Å². The molecule has 4 aromatic rings. The summed E-state index contributed by atoms with van der Waals surface area (Å²) in [6, 6.07) is 18.0. The Labute approximate surface area is 233 Å². The number of nitriles is 1.